The minimum Gasteiger partial charge on any atom is -0.468 e. The normalized spacial score (nSPS) is 34.8. The molecule has 1 saturated carbocycles. The second kappa shape index (κ2) is 5.83. The van der Waals surface area contributed by atoms with Gasteiger partial charge in [-0.05, 0) is 51.0 Å². The average Bonchev–Trinajstić information content (AvgIpc) is 2.79. The van der Waals surface area contributed by atoms with Crippen LogP contribution in [0.25, 0.3) is 0 Å². The third kappa shape index (κ3) is 3.19. The van der Waals surface area contributed by atoms with Crippen LogP contribution in [-0.2, 0) is 9.53 Å². The lowest BCUT2D eigenvalue weighted by atomic mass is 9.86. The van der Waals surface area contributed by atoms with Crippen molar-refractivity contribution in [3.63, 3.8) is 0 Å². The van der Waals surface area contributed by atoms with Crippen LogP contribution >= 0.6 is 0 Å². The summed E-state index contributed by atoms with van der Waals surface area (Å²) in [5.41, 5.74) is 5.91. The Balaban J connectivity index is 1.83. The fraction of sp³-hybridized carbons (Fsp3) is 0.923. The van der Waals surface area contributed by atoms with E-state index in [1.807, 2.05) is 0 Å². The molecule has 0 aromatic heterocycles. The van der Waals surface area contributed by atoms with E-state index in [1.54, 1.807) is 0 Å². The number of carbonyl (C=O) groups is 1. The number of carbonyl (C=O) groups excluding carboxylic acids is 1. The van der Waals surface area contributed by atoms with Gasteiger partial charge in [0.05, 0.1) is 7.11 Å². The zero-order valence-corrected chi connectivity index (χ0v) is 10.7. The van der Waals surface area contributed by atoms with E-state index < -0.39 is 0 Å². The quantitative estimate of drug-likeness (QED) is 0.752. The van der Waals surface area contributed by atoms with Gasteiger partial charge in [-0.25, -0.2) is 0 Å². The van der Waals surface area contributed by atoms with E-state index in [1.165, 1.54) is 20.0 Å². The first-order chi connectivity index (χ1) is 8.20. The summed E-state index contributed by atoms with van der Waals surface area (Å²) in [6, 6.07) is 0.414. The molecule has 1 heterocycles. The molecule has 1 saturated heterocycles. The molecule has 0 aromatic carbocycles. The van der Waals surface area contributed by atoms with Crippen molar-refractivity contribution in [3.8, 4) is 0 Å². The maximum absolute atomic E-state index is 11.6. The number of hydrogen-bond acceptors (Lipinski definition) is 4. The van der Waals surface area contributed by atoms with Crippen molar-refractivity contribution in [2.45, 2.75) is 50.6 Å². The van der Waals surface area contributed by atoms with Crippen LogP contribution in [0.4, 0.5) is 0 Å². The number of hydrogen-bond donors (Lipinski definition) is 1. The van der Waals surface area contributed by atoms with Gasteiger partial charge in [-0.15, -0.1) is 0 Å². The minimum absolute atomic E-state index is 0.00981. The average molecular weight is 240 g/mol. The summed E-state index contributed by atoms with van der Waals surface area (Å²) < 4.78 is 4.87. The molecule has 1 atom stereocenters. The Labute approximate surface area is 103 Å². The van der Waals surface area contributed by atoms with Crippen LogP contribution in [0.5, 0.6) is 0 Å². The monoisotopic (exact) mass is 240 g/mol. The van der Waals surface area contributed by atoms with Gasteiger partial charge < -0.3 is 10.5 Å². The van der Waals surface area contributed by atoms with Crippen LogP contribution in [0.1, 0.15) is 38.5 Å². The van der Waals surface area contributed by atoms with Gasteiger partial charge in [-0.1, -0.05) is 0 Å². The predicted molar refractivity (Wildman–Crippen MR) is 66.5 cm³/mol. The van der Waals surface area contributed by atoms with E-state index in [-0.39, 0.29) is 12.0 Å². The molecule has 2 rings (SSSR count). The Bertz CT molecular complexity index is 262. The molecular weight excluding hydrogens is 216 g/mol. The van der Waals surface area contributed by atoms with Crippen molar-refractivity contribution in [2.24, 2.45) is 11.7 Å². The zero-order chi connectivity index (χ0) is 12.3. The predicted octanol–water partition coefficient (Wildman–Crippen LogP) is 1.14. The summed E-state index contributed by atoms with van der Waals surface area (Å²) in [4.78, 5) is 13.9. The van der Waals surface area contributed by atoms with Gasteiger partial charge in [0.25, 0.3) is 0 Å². The summed E-state index contributed by atoms with van der Waals surface area (Å²) in [5, 5.41) is 0. The van der Waals surface area contributed by atoms with Crippen molar-refractivity contribution in [3.05, 3.63) is 0 Å². The SMILES string of the molecule is COC(=O)C1CCCN1CC1CCC(N)CC1. The molecule has 4 heteroatoms. The molecule has 0 spiro atoms. The Morgan fingerprint density at radius 3 is 2.65 bits per heavy atom. The maximum atomic E-state index is 11.6. The topological polar surface area (TPSA) is 55.6 Å². The number of nitrogens with zero attached hydrogens (tertiary/aromatic N) is 1. The number of nitrogens with two attached hydrogens (primary N) is 1. The Kier molecular flexibility index (Phi) is 4.40. The highest BCUT2D eigenvalue weighted by Gasteiger charge is 2.33. The summed E-state index contributed by atoms with van der Waals surface area (Å²) in [5.74, 6) is 0.662. The van der Waals surface area contributed by atoms with Crippen molar-refractivity contribution in [2.75, 3.05) is 20.2 Å². The highest BCUT2D eigenvalue weighted by atomic mass is 16.5. The van der Waals surface area contributed by atoms with Gasteiger partial charge in [0.2, 0.25) is 0 Å². The van der Waals surface area contributed by atoms with Crippen molar-refractivity contribution in [1.29, 1.82) is 0 Å². The fourth-order valence-electron chi connectivity index (χ4n) is 3.15. The van der Waals surface area contributed by atoms with E-state index in [0.717, 1.165) is 44.7 Å². The molecule has 98 valence electrons. The van der Waals surface area contributed by atoms with E-state index in [2.05, 4.69) is 4.90 Å². The minimum atomic E-state index is -0.0602. The number of likely N-dealkylation sites (tertiary alicyclic amines) is 1. The fourth-order valence-corrected chi connectivity index (χ4v) is 3.15. The van der Waals surface area contributed by atoms with Gasteiger partial charge in [0.1, 0.15) is 6.04 Å². The molecule has 0 radical (unpaired) electrons. The zero-order valence-electron chi connectivity index (χ0n) is 10.7. The molecule has 0 bridgehead atoms. The number of esters is 1. The van der Waals surface area contributed by atoms with Crippen molar-refractivity contribution < 1.29 is 9.53 Å². The molecule has 0 amide bonds. The largest absolute Gasteiger partial charge is 0.468 e. The van der Waals surface area contributed by atoms with Gasteiger partial charge in [-0.2, -0.15) is 0 Å². The second-order valence-corrected chi connectivity index (χ2v) is 5.46. The van der Waals surface area contributed by atoms with E-state index in [9.17, 15) is 4.79 Å². The van der Waals surface area contributed by atoms with Crippen LogP contribution in [0, 0.1) is 5.92 Å². The Hall–Kier alpha value is -0.610. The molecule has 2 N–H and O–H groups in total. The molecular formula is C13H24N2O2. The van der Waals surface area contributed by atoms with Crippen molar-refractivity contribution in [1.82, 2.24) is 4.90 Å². The summed E-state index contributed by atoms with van der Waals surface area (Å²) in [6.07, 6.45) is 6.78. The first kappa shape index (κ1) is 12.8. The van der Waals surface area contributed by atoms with Gasteiger partial charge in [0, 0.05) is 12.6 Å². The summed E-state index contributed by atoms with van der Waals surface area (Å²) in [6.45, 7) is 2.09. The van der Waals surface area contributed by atoms with E-state index in [4.69, 9.17) is 10.5 Å². The molecule has 1 aliphatic carbocycles. The van der Waals surface area contributed by atoms with Crippen molar-refractivity contribution >= 4 is 5.97 Å². The lowest BCUT2D eigenvalue weighted by Gasteiger charge is -2.31. The lowest BCUT2D eigenvalue weighted by Crippen LogP contribution is -2.41. The first-order valence-corrected chi connectivity index (χ1v) is 6.78. The highest BCUT2D eigenvalue weighted by Crippen LogP contribution is 2.27. The number of methoxy groups -OCH3 is 1. The summed E-state index contributed by atoms with van der Waals surface area (Å²) in [7, 11) is 1.48. The lowest BCUT2D eigenvalue weighted by molar-refractivity contribution is -0.146. The van der Waals surface area contributed by atoms with Gasteiger partial charge in [0.15, 0.2) is 0 Å². The molecule has 0 aromatic rings. The molecule has 2 fully saturated rings. The molecule has 1 aliphatic heterocycles. The van der Waals surface area contributed by atoms with Crippen LogP contribution in [0.15, 0.2) is 0 Å². The number of ether oxygens (including phenoxy) is 1. The van der Waals surface area contributed by atoms with E-state index >= 15 is 0 Å². The van der Waals surface area contributed by atoms with Crippen LogP contribution in [-0.4, -0.2) is 43.2 Å². The molecule has 17 heavy (non-hydrogen) atoms. The molecule has 1 unspecified atom stereocenters. The molecule has 4 nitrogen and oxygen atoms in total. The van der Waals surface area contributed by atoms with Crippen LogP contribution in [0.2, 0.25) is 0 Å². The highest BCUT2D eigenvalue weighted by molar-refractivity contribution is 5.75. The first-order valence-electron chi connectivity index (χ1n) is 6.78. The Morgan fingerprint density at radius 2 is 2.00 bits per heavy atom. The Morgan fingerprint density at radius 1 is 1.29 bits per heavy atom. The third-order valence-corrected chi connectivity index (χ3v) is 4.22. The molecule has 2 aliphatic rings. The van der Waals surface area contributed by atoms with Gasteiger partial charge >= 0.3 is 5.97 Å². The van der Waals surface area contributed by atoms with Crippen LogP contribution < -0.4 is 5.73 Å². The van der Waals surface area contributed by atoms with Gasteiger partial charge in [-0.3, -0.25) is 9.69 Å². The second-order valence-electron chi connectivity index (χ2n) is 5.46. The maximum Gasteiger partial charge on any atom is 0.323 e. The standard InChI is InChI=1S/C13H24N2O2/c1-17-13(16)12-3-2-8-15(12)9-10-4-6-11(14)7-5-10/h10-12H,2-9,14H2,1H3. The smallest absolute Gasteiger partial charge is 0.323 e. The number of rotatable bonds is 3. The van der Waals surface area contributed by atoms with Crippen LogP contribution in [0.3, 0.4) is 0 Å². The third-order valence-electron chi connectivity index (χ3n) is 4.22. The summed E-state index contributed by atoms with van der Waals surface area (Å²) >= 11 is 0. The van der Waals surface area contributed by atoms with E-state index in [0.29, 0.717) is 6.04 Å².